The molecule has 19 heavy (non-hydrogen) atoms. The Bertz CT molecular complexity index is 661. The number of hydrogen-bond donors (Lipinski definition) is 2. The van der Waals surface area contributed by atoms with E-state index in [1.165, 1.54) is 18.3 Å². The van der Waals surface area contributed by atoms with E-state index in [0.29, 0.717) is 11.3 Å². The smallest absolute Gasteiger partial charge is 0.255 e. The van der Waals surface area contributed by atoms with E-state index in [1.807, 2.05) is 0 Å². The maximum Gasteiger partial charge on any atom is 0.255 e. The summed E-state index contributed by atoms with van der Waals surface area (Å²) >= 11 is 0. The molecule has 0 fully saturated rings. The third-order valence-electron chi connectivity index (χ3n) is 2.65. The van der Waals surface area contributed by atoms with Crippen LogP contribution in [0.3, 0.4) is 0 Å². The van der Waals surface area contributed by atoms with Crippen molar-refractivity contribution >= 4 is 12.2 Å². The lowest BCUT2D eigenvalue weighted by molar-refractivity contribution is 0.628. The van der Waals surface area contributed by atoms with E-state index in [0.717, 1.165) is 5.56 Å². The minimum absolute atomic E-state index is 0.202. The molecule has 0 bridgehead atoms. The number of H-pyrrole nitrogens is 1. The molecule has 5 nitrogen and oxygen atoms in total. The Labute approximate surface area is 109 Å². The monoisotopic (exact) mass is 260 g/mol. The highest BCUT2D eigenvalue weighted by Gasteiger charge is 2.01. The van der Waals surface area contributed by atoms with Gasteiger partial charge in [0.25, 0.3) is 5.56 Å². The van der Waals surface area contributed by atoms with Crippen molar-refractivity contribution < 1.29 is 4.39 Å². The van der Waals surface area contributed by atoms with Gasteiger partial charge in [0.1, 0.15) is 5.82 Å². The molecule has 98 valence electrons. The highest BCUT2D eigenvalue weighted by molar-refractivity contribution is 5.79. The number of hydrogen-bond acceptors (Lipinski definition) is 4. The van der Waals surface area contributed by atoms with Gasteiger partial charge in [0.15, 0.2) is 0 Å². The van der Waals surface area contributed by atoms with Crippen LogP contribution >= 0.6 is 0 Å². The lowest BCUT2D eigenvalue weighted by Crippen LogP contribution is -2.15. The van der Waals surface area contributed by atoms with Crippen molar-refractivity contribution in [3.63, 3.8) is 0 Å². The predicted octanol–water partition coefficient (Wildman–Crippen LogP) is 1.97. The number of rotatable bonds is 3. The third kappa shape index (κ3) is 3.25. The number of aromatic nitrogens is 2. The zero-order valence-corrected chi connectivity index (χ0v) is 10.6. The normalized spacial score (nSPS) is 10.9. The van der Waals surface area contributed by atoms with Crippen molar-refractivity contribution in [3.05, 3.63) is 57.3 Å². The number of aromatic amines is 1. The number of aryl methyl sites for hydroxylation is 1. The second-order valence-electron chi connectivity index (χ2n) is 4.05. The molecule has 2 rings (SSSR count). The van der Waals surface area contributed by atoms with Gasteiger partial charge in [-0.15, -0.1) is 0 Å². The summed E-state index contributed by atoms with van der Waals surface area (Å²) in [6.45, 7) is 3.45. The quantitative estimate of drug-likeness (QED) is 0.654. The number of hydrazone groups is 1. The molecular weight excluding hydrogens is 247 g/mol. The molecule has 0 saturated carbocycles. The van der Waals surface area contributed by atoms with Crippen LogP contribution in [0.1, 0.15) is 16.8 Å². The maximum atomic E-state index is 12.7. The van der Waals surface area contributed by atoms with Crippen LogP contribution in [0.25, 0.3) is 0 Å². The number of anilines is 1. The zero-order valence-electron chi connectivity index (χ0n) is 10.6. The maximum absolute atomic E-state index is 12.7. The fourth-order valence-electron chi connectivity index (χ4n) is 1.41. The van der Waals surface area contributed by atoms with E-state index in [-0.39, 0.29) is 17.3 Å². The summed E-state index contributed by atoms with van der Waals surface area (Å²) in [4.78, 5) is 18.2. The summed E-state index contributed by atoms with van der Waals surface area (Å²) in [6.07, 6.45) is 1.51. The van der Waals surface area contributed by atoms with Crippen molar-refractivity contribution in [1.82, 2.24) is 9.97 Å². The lowest BCUT2D eigenvalue weighted by atomic mass is 10.2. The molecule has 2 aromatic rings. The van der Waals surface area contributed by atoms with Gasteiger partial charge in [-0.1, -0.05) is 12.1 Å². The van der Waals surface area contributed by atoms with Gasteiger partial charge in [0, 0.05) is 11.3 Å². The Morgan fingerprint density at radius 3 is 2.63 bits per heavy atom. The SMILES string of the molecule is Cc1nc(N/N=C\c2ccc(F)cc2)[nH]c(=O)c1C. The lowest BCUT2D eigenvalue weighted by Gasteiger charge is -2.02. The van der Waals surface area contributed by atoms with E-state index in [4.69, 9.17) is 0 Å². The standard InChI is InChI=1S/C13H13FN4O/c1-8-9(2)16-13(17-12(8)19)18-15-7-10-3-5-11(14)6-4-10/h3-7H,1-2H3,(H2,16,17,18,19)/b15-7-. The predicted molar refractivity (Wildman–Crippen MR) is 71.9 cm³/mol. The minimum Gasteiger partial charge on any atom is -0.291 e. The first kappa shape index (κ1) is 12.9. The van der Waals surface area contributed by atoms with Gasteiger partial charge in [0.2, 0.25) is 5.95 Å². The van der Waals surface area contributed by atoms with Crippen LogP contribution in [0.2, 0.25) is 0 Å². The van der Waals surface area contributed by atoms with Crippen LogP contribution in [-0.4, -0.2) is 16.2 Å². The summed E-state index contributed by atoms with van der Waals surface area (Å²) in [5, 5.41) is 3.92. The van der Waals surface area contributed by atoms with Crippen LogP contribution in [0.5, 0.6) is 0 Å². The number of halogens is 1. The second-order valence-corrected chi connectivity index (χ2v) is 4.05. The van der Waals surface area contributed by atoms with Crippen LogP contribution in [-0.2, 0) is 0 Å². The van der Waals surface area contributed by atoms with Gasteiger partial charge in [-0.2, -0.15) is 5.10 Å². The summed E-state index contributed by atoms with van der Waals surface area (Å²) in [7, 11) is 0. The van der Waals surface area contributed by atoms with E-state index >= 15 is 0 Å². The van der Waals surface area contributed by atoms with Gasteiger partial charge in [-0.05, 0) is 31.5 Å². The van der Waals surface area contributed by atoms with Crippen LogP contribution in [0.4, 0.5) is 10.3 Å². The van der Waals surface area contributed by atoms with Crippen molar-refractivity contribution in [3.8, 4) is 0 Å². The fraction of sp³-hybridized carbons (Fsp3) is 0.154. The summed E-state index contributed by atoms with van der Waals surface area (Å²) in [6, 6.07) is 5.88. The molecule has 0 spiro atoms. The molecule has 0 aliphatic carbocycles. The highest BCUT2D eigenvalue weighted by Crippen LogP contribution is 2.02. The fourth-order valence-corrected chi connectivity index (χ4v) is 1.41. The first-order valence-electron chi connectivity index (χ1n) is 5.68. The van der Waals surface area contributed by atoms with Gasteiger partial charge >= 0.3 is 0 Å². The molecule has 0 saturated heterocycles. The Morgan fingerprint density at radius 2 is 2.00 bits per heavy atom. The first-order valence-corrected chi connectivity index (χ1v) is 5.68. The summed E-state index contributed by atoms with van der Waals surface area (Å²) in [5.74, 6) is -0.0308. The van der Waals surface area contributed by atoms with Crippen LogP contribution < -0.4 is 11.0 Å². The van der Waals surface area contributed by atoms with E-state index in [1.54, 1.807) is 26.0 Å². The second kappa shape index (κ2) is 5.43. The number of benzene rings is 1. The van der Waals surface area contributed by atoms with Gasteiger partial charge in [-0.25, -0.2) is 14.8 Å². The largest absolute Gasteiger partial charge is 0.291 e. The highest BCUT2D eigenvalue weighted by atomic mass is 19.1. The Balaban J connectivity index is 2.10. The van der Waals surface area contributed by atoms with Crippen molar-refractivity contribution in [2.45, 2.75) is 13.8 Å². The molecule has 0 aliphatic rings. The Hall–Kier alpha value is -2.50. The Kier molecular flexibility index (Phi) is 3.70. The molecule has 1 heterocycles. The first-order chi connectivity index (χ1) is 9.06. The molecular formula is C13H13FN4O. The van der Waals surface area contributed by atoms with E-state index in [2.05, 4.69) is 20.5 Å². The van der Waals surface area contributed by atoms with Gasteiger partial charge in [-0.3, -0.25) is 9.78 Å². The molecule has 0 unspecified atom stereocenters. The van der Waals surface area contributed by atoms with Crippen LogP contribution in [0, 0.1) is 19.7 Å². The minimum atomic E-state index is -0.301. The molecule has 0 amide bonds. The molecule has 0 atom stereocenters. The molecule has 2 N–H and O–H groups in total. The number of nitrogens with one attached hydrogen (secondary N) is 2. The molecule has 0 radical (unpaired) electrons. The van der Waals surface area contributed by atoms with Crippen molar-refractivity contribution in [2.75, 3.05) is 5.43 Å². The van der Waals surface area contributed by atoms with Crippen LogP contribution in [0.15, 0.2) is 34.2 Å². The van der Waals surface area contributed by atoms with E-state index < -0.39 is 0 Å². The Morgan fingerprint density at radius 1 is 1.32 bits per heavy atom. The van der Waals surface area contributed by atoms with Gasteiger partial charge in [0.05, 0.1) is 6.21 Å². The molecule has 1 aromatic carbocycles. The average molecular weight is 260 g/mol. The van der Waals surface area contributed by atoms with Crippen molar-refractivity contribution in [2.24, 2.45) is 5.10 Å². The molecule has 1 aromatic heterocycles. The molecule has 0 aliphatic heterocycles. The van der Waals surface area contributed by atoms with Crippen molar-refractivity contribution in [1.29, 1.82) is 0 Å². The third-order valence-corrected chi connectivity index (χ3v) is 2.65. The van der Waals surface area contributed by atoms with Gasteiger partial charge < -0.3 is 0 Å². The number of nitrogens with zero attached hydrogens (tertiary/aromatic N) is 2. The van der Waals surface area contributed by atoms with E-state index in [9.17, 15) is 9.18 Å². The summed E-state index contributed by atoms with van der Waals surface area (Å²) < 4.78 is 12.7. The average Bonchev–Trinajstić information content (AvgIpc) is 2.38. The zero-order chi connectivity index (χ0) is 13.8. The molecule has 6 heteroatoms. The topological polar surface area (TPSA) is 70.1 Å². The summed E-state index contributed by atoms with van der Waals surface area (Å²) in [5.41, 5.74) is 4.38.